The minimum atomic E-state index is -4.30. The van der Waals surface area contributed by atoms with Crippen LogP contribution in [-0.4, -0.2) is 44.5 Å². The number of hydrogen-bond donors (Lipinski definition) is 0. The molecule has 1 aliphatic rings. The van der Waals surface area contributed by atoms with Gasteiger partial charge in [0.1, 0.15) is 0 Å². The molecular formula is C15H20F3NO2S. The van der Waals surface area contributed by atoms with Gasteiger partial charge in [-0.15, -0.1) is 0 Å². The Morgan fingerprint density at radius 3 is 2.36 bits per heavy atom. The van der Waals surface area contributed by atoms with Crippen LogP contribution in [-0.2, 0) is 22.4 Å². The molecule has 1 aromatic carbocycles. The van der Waals surface area contributed by atoms with Crippen molar-refractivity contribution in [3.8, 4) is 0 Å². The molecule has 1 unspecified atom stereocenters. The molecule has 1 atom stereocenters. The molecule has 0 aromatic heterocycles. The lowest BCUT2D eigenvalue weighted by Gasteiger charge is -2.22. The fourth-order valence-electron chi connectivity index (χ4n) is 2.70. The first-order valence-corrected chi connectivity index (χ1v) is 9.06. The van der Waals surface area contributed by atoms with E-state index in [-0.39, 0.29) is 17.5 Å². The number of halogens is 3. The van der Waals surface area contributed by atoms with Crippen LogP contribution in [0.3, 0.4) is 0 Å². The fourth-order valence-corrected chi connectivity index (χ4v) is 4.50. The summed E-state index contributed by atoms with van der Waals surface area (Å²) in [6.07, 6.45) is -2.16. The second kappa shape index (κ2) is 6.58. The standard InChI is InChI=1S/C15H20F3NO2S/c1-19(14-8-10-22(20,21)11-14)9-2-3-12-4-6-13(7-5-12)15(16,17)18/h4-7,14H,2-3,8-11H2,1H3. The first-order valence-electron chi connectivity index (χ1n) is 7.24. The van der Waals surface area contributed by atoms with Crippen LogP contribution in [0, 0.1) is 0 Å². The normalized spacial score (nSPS) is 21.4. The van der Waals surface area contributed by atoms with Crippen LogP contribution in [0.5, 0.6) is 0 Å². The molecule has 7 heteroatoms. The van der Waals surface area contributed by atoms with Crippen molar-refractivity contribution in [1.82, 2.24) is 4.90 Å². The van der Waals surface area contributed by atoms with Crippen molar-refractivity contribution in [3.63, 3.8) is 0 Å². The molecule has 0 spiro atoms. The zero-order chi connectivity index (χ0) is 16.4. The summed E-state index contributed by atoms with van der Waals surface area (Å²) in [6, 6.07) is 5.27. The number of nitrogens with zero attached hydrogens (tertiary/aromatic N) is 1. The number of aryl methyl sites for hydroxylation is 1. The second-order valence-electron chi connectivity index (χ2n) is 5.84. The molecule has 1 saturated heterocycles. The summed E-state index contributed by atoms with van der Waals surface area (Å²) >= 11 is 0. The third-order valence-corrected chi connectivity index (χ3v) is 5.84. The maximum Gasteiger partial charge on any atom is 0.416 e. The highest BCUT2D eigenvalue weighted by atomic mass is 32.2. The number of benzene rings is 1. The monoisotopic (exact) mass is 335 g/mol. The third-order valence-electron chi connectivity index (χ3n) is 4.09. The molecule has 0 saturated carbocycles. The van der Waals surface area contributed by atoms with Gasteiger partial charge in [-0.3, -0.25) is 0 Å². The van der Waals surface area contributed by atoms with Crippen molar-refractivity contribution in [2.24, 2.45) is 0 Å². The van der Waals surface area contributed by atoms with Gasteiger partial charge in [-0.2, -0.15) is 13.2 Å². The summed E-state index contributed by atoms with van der Waals surface area (Å²) in [4.78, 5) is 2.04. The van der Waals surface area contributed by atoms with Crippen molar-refractivity contribution in [3.05, 3.63) is 35.4 Å². The number of rotatable bonds is 5. The van der Waals surface area contributed by atoms with Gasteiger partial charge >= 0.3 is 6.18 Å². The molecule has 0 radical (unpaired) electrons. The summed E-state index contributed by atoms with van der Waals surface area (Å²) in [5, 5.41) is 0. The lowest BCUT2D eigenvalue weighted by Crippen LogP contribution is -2.33. The van der Waals surface area contributed by atoms with Gasteiger partial charge in [-0.25, -0.2) is 8.42 Å². The largest absolute Gasteiger partial charge is 0.416 e. The van der Waals surface area contributed by atoms with E-state index in [0.717, 1.165) is 30.7 Å². The molecule has 0 N–H and O–H groups in total. The molecule has 1 heterocycles. The third kappa shape index (κ3) is 4.71. The SMILES string of the molecule is CN(CCCc1ccc(C(F)(F)F)cc1)C1CCS(=O)(=O)C1. The van der Waals surface area contributed by atoms with Crippen LogP contribution in [0.2, 0.25) is 0 Å². The van der Waals surface area contributed by atoms with E-state index in [1.807, 2.05) is 11.9 Å². The van der Waals surface area contributed by atoms with E-state index in [1.54, 1.807) is 0 Å². The van der Waals surface area contributed by atoms with Gasteiger partial charge in [0.2, 0.25) is 0 Å². The van der Waals surface area contributed by atoms with E-state index in [0.29, 0.717) is 12.8 Å². The zero-order valence-corrected chi connectivity index (χ0v) is 13.3. The predicted octanol–water partition coefficient (Wildman–Crippen LogP) is 2.76. The Hall–Kier alpha value is -1.08. The van der Waals surface area contributed by atoms with Gasteiger partial charge in [0.05, 0.1) is 17.1 Å². The minimum Gasteiger partial charge on any atom is -0.302 e. The van der Waals surface area contributed by atoms with Crippen LogP contribution < -0.4 is 0 Å². The quantitative estimate of drug-likeness (QED) is 0.830. The van der Waals surface area contributed by atoms with Crippen LogP contribution in [0.25, 0.3) is 0 Å². The van der Waals surface area contributed by atoms with E-state index >= 15 is 0 Å². The highest BCUT2D eigenvalue weighted by molar-refractivity contribution is 7.91. The zero-order valence-electron chi connectivity index (χ0n) is 12.4. The Labute approximate surface area is 129 Å². The Bertz CT molecular complexity index is 596. The highest BCUT2D eigenvalue weighted by Crippen LogP contribution is 2.29. The van der Waals surface area contributed by atoms with E-state index in [4.69, 9.17) is 0 Å². The fraction of sp³-hybridized carbons (Fsp3) is 0.600. The molecule has 1 aliphatic heterocycles. The molecule has 0 aliphatic carbocycles. The van der Waals surface area contributed by atoms with Crippen LogP contribution in [0.15, 0.2) is 24.3 Å². The Balaban J connectivity index is 1.79. The highest BCUT2D eigenvalue weighted by Gasteiger charge is 2.31. The number of sulfone groups is 1. The predicted molar refractivity (Wildman–Crippen MR) is 79.5 cm³/mol. The van der Waals surface area contributed by atoms with Gasteiger partial charge in [0.15, 0.2) is 9.84 Å². The lowest BCUT2D eigenvalue weighted by atomic mass is 10.1. The molecular weight excluding hydrogens is 315 g/mol. The average Bonchev–Trinajstić information content (AvgIpc) is 2.79. The molecule has 3 nitrogen and oxygen atoms in total. The lowest BCUT2D eigenvalue weighted by molar-refractivity contribution is -0.137. The van der Waals surface area contributed by atoms with Gasteiger partial charge in [-0.05, 0) is 50.6 Å². The number of hydrogen-bond acceptors (Lipinski definition) is 3. The van der Waals surface area contributed by atoms with Gasteiger partial charge < -0.3 is 4.90 Å². The summed E-state index contributed by atoms with van der Waals surface area (Å²) < 4.78 is 60.2. The maximum atomic E-state index is 12.5. The van der Waals surface area contributed by atoms with Gasteiger partial charge in [-0.1, -0.05) is 12.1 Å². The maximum absolute atomic E-state index is 12.5. The molecule has 124 valence electrons. The first-order chi connectivity index (χ1) is 10.2. The summed E-state index contributed by atoms with van der Waals surface area (Å²) in [6.45, 7) is 0.737. The summed E-state index contributed by atoms with van der Waals surface area (Å²) in [5.41, 5.74) is 0.227. The molecule has 0 amide bonds. The van der Waals surface area contributed by atoms with Gasteiger partial charge in [0.25, 0.3) is 0 Å². The molecule has 2 rings (SSSR count). The van der Waals surface area contributed by atoms with Crippen molar-refractivity contribution >= 4 is 9.84 Å². The Morgan fingerprint density at radius 1 is 1.23 bits per heavy atom. The van der Waals surface area contributed by atoms with E-state index in [9.17, 15) is 21.6 Å². The summed E-state index contributed by atoms with van der Waals surface area (Å²) in [5.74, 6) is 0.463. The van der Waals surface area contributed by atoms with Crippen LogP contribution >= 0.6 is 0 Å². The average molecular weight is 335 g/mol. The topological polar surface area (TPSA) is 37.4 Å². The molecule has 1 fully saturated rings. The van der Waals surface area contributed by atoms with E-state index in [2.05, 4.69) is 0 Å². The van der Waals surface area contributed by atoms with Crippen molar-refractivity contribution in [1.29, 1.82) is 0 Å². The van der Waals surface area contributed by atoms with E-state index < -0.39 is 21.6 Å². The molecule has 0 bridgehead atoms. The van der Waals surface area contributed by atoms with Gasteiger partial charge in [0, 0.05) is 6.04 Å². The van der Waals surface area contributed by atoms with Crippen molar-refractivity contribution in [2.75, 3.05) is 25.1 Å². The summed E-state index contributed by atoms with van der Waals surface area (Å²) in [7, 11) is -0.984. The van der Waals surface area contributed by atoms with Crippen LogP contribution in [0.1, 0.15) is 24.0 Å². The molecule has 22 heavy (non-hydrogen) atoms. The number of alkyl halides is 3. The Morgan fingerprint density at radius 2 is 1.86 bits per heavy atom. The smallest absolute Gasteiger partial charge is 0.302 e. The van der Waals surface area contributed by atoms with Crippen LogP contribution in [0.4, 0.5) is 13.2 Å². The van der Waals surface area contributed by atoms with Crippen molar-refractivity contribution < 1.29 is 21.6 Å². The van der Waals surface area contributed by atoms with E-state index in [1.165, 1.54) is 12.1 Å². The van der Waals surface area contributed by atoms with Crippen molar-refractivity contribution in [2.45, 2.75) is 31.5 Å². The second-order valence-corrected chi connectivity index (χ2v) is 8.06. The minimum absolute atomic E-state index is 0.0672. The first kappa shape index (κ1) is 17.3. The molecule has 1 aromatic rings. The Kier molecular flexibility index (Phi) is 5.17.